The number of aliphatic hydroxyl groups is 1. The number of hydrogen-bond donors (Lipinski definition) is 1. The van der Waals surface area contributed by atoms with Crippen LogP contribution in [0.1, 0.15) is 0 Å². The van der Waals surface area contributed by atoms with Gasteiger partial charge in [-0.15, -0.1) is 0 Å². The molecule has 1 rings (SSSR count). The van der Waals surface area contributed by atoms with Crippen molar-refractivity contribution >= 4 is 10.8 Å². The average molecular weight is 276 g/mol. The monoisotopic (exact) mass is 276 g/mol. The standard InChI is InChI=1S/C12H17FO4S/c1-16-6-7-17-8-11(14)9-18(15)12-4-2-10(13)3-5-12/h2-5,11,14H,6-9H2,1H3. The van der Waals surface area contributed by atoms with Gasteiger partial charge in [-0.25, -0.2) is 4.39 Å². The van der Waals surface area contributed by atoms with E-state index in [0.29, 0.717) is 18.1 Å². The molecule has 0 saturated heterocycles. The number of hydrogen-bond acceptors (Lipinski definition) is 4. The fourth-order valence-corrected chi connectivity index (χ4v) is 2.34. The summed E-state index contributed by atoms with van der Waals surface area (Å²) in [6.45, 7) is 0.945. The van der Waals surface area contributed by atoms with Gasteiger partial charge in [-0.1, -0.05) is 0 Å². The van der Waals surface area contributed by atoms with Crippen LogP contribution in [0.5, 0.6) is 0 Å². The van der Waals surface area contributed by atoms with Crippen molar-refractivity contribution in [1.82, 2.24) is 0 Å². The molecule has 2 atom stereocenters. The van der Waals surface area contributed by atoms with E-state index in [1.807, 2.05) is 0 Å². The molecule has 0 saturated carbocycles. The Balaban J connectivity index is 2.33. The summed E-state index contributed by atoms with van der Waals surface area (Å²) in [7, 11) is 0.202. The number of aliphatic hydroxyl groups excluding tert-OH is 1. The number of rotatable bonds is 8. The number of benzene rings is 1. The zero-order valence-electron chi connectivity index (χ0n) is 10.2. The molecule has 0 spiro atoms. The summed E-state index contributed by atoms with van der Waals surface area (Å²) in [6.07, 6.45) is -0.812. The van der Waals surface area contributed by atoms with Crippen molar-refractivity contribution in [3.63, 3.8) is 0 Å². The van der Waals surface area contributed by atoms with Gasteiger partial charge in [0.15, 0.2) is 0 Å². The lowest BCUT2D eigenvalue weighted by atomic mass is 10.4. The maximum Gasteiger partial charge on any atom is 0.123 e. The van der Waals surface area contributed by atoms with Crippen molar-refractivity contribution in [3.8, 4) is 0 Å². The Morgan fingerprint density at radius 1 is 1.33 bits per heavy atom. The summed E-state index contributed by atoms with van der Waals surface area (Å²) in [5, 5.41) is 9.60. The van der Waals surface area contributed by atoms with Gasteiger partial charge in [0.25, 0.3) is 0 Å². The normalized spacial score (nSPS) is 14.4. The highest BCUT2D eigenvalue weighted by Crippen LogP contribution is 2.09. The molecule has 0 aliphatic carbocycles. The van der Waals surface area contributed by atoms with Crippen LogP contribution in [0.25, 0.3) is 0 Å². The Kier molecular flexibility index (Phi) is 7.04. The van der Waals surface area contributed by atoms with Crippen molar-refractivity contribution < 1.29 is 23.2 Å². The first kappa shape index (κ1) is 15.2. The van der Waals surface area contributed by atoms with Crippen LogP contribution in [0.2, 0.25) is 0 Å². The fraction of sp³-hybridized carbons (Fsp3) is 0.500. The average Bonchev–Trinajstić information content (AvgIpc) is 2.35. The van der Waals surface area contributed by atoms with Gasteiger partial charge in [0.1, 0.15) is 5.82 Å². The molecule has 0 aromatic heterocycles. The summed E-state index contributed by atoms with van der Waals surface area (Å²) in [4.78, 5) is 0.493. The molecule has 0 aliphatic rings. The number of halogens is 1. The van der Waals surface area contributed by atoms with E-state index in [1.54, 1.807) is 7.11 Å². The van der Waals surface area contributed by atoms with Crippen LogP contribution >= 0.6 is 0 Å². The van der Waals surface area contributed by atoms with E-state index in [9.17, 15) is 13.7 Å². The third-order valence-electron chi connectivity index (χ3n) is 2.16. The number of methoxy groups -OCH3 is 1. The van der Waals surface area contributed by atoms with Crippen molar-refractivity contribution in [1.29, 1.82) is 0 Å². The zero-order valence-corrected chi connectivity index (χ0v) is 11.0. The second-order valence-electron chi connectivity index (χ2n) is 3.69. The van der Waals surface area contributed by atoms with Crippen molar-refractivity contribution in [2.75, 3.05) is 32.7 Å². The van der Waals surface area contributed by atoms with Crippen LogP contribution < -0.4 is 0 Å². The van der Waals surface area contributed by atoms with Gasteiger partial charge >= 0.3 is 0 Å². The fourth-order valence-electron chi connectivity index (χ4n) is 1.27. The zero-order chi connectivity index (χ0) is 13.4. The first-order valence-electron chi connectivity index (χ1n) is 5.52. The molecular weight excluding hydrogens is 259 g/mol. The topological polar surface area (TPSA) is 55.8 Å². The maximum atomic E-state index is 12.7. The van der Waals surface area contributed by atoms with E-state index in [1.165, 1.54) is 24.3 Å². The largest absolute Gasteiger partial charge is 0.390 e. The summed E-state index contributed by atoms with van der Waals surface area (Å²) < 4.78 is 34.4. The molecule has 0 radical (unpaired) electrons. The molecule has 6 heteroatoms. The molecule has 1 N–H and O–H groups in total. The molecule has 0 bridgehead atoms. The first-order valence-corrected chi connectivity index (χ1v) is 6.84. The van der Waals surface area contributed by atoms with E-state index in [0.717, 1.165) is 0 Å². The molecular formula is C12H17FO4S. The van der Waals surface area contributed by atoms with Gasteiger partial charge in [0.05, 0.1) is 42.5 Å². The van der Waals surface area contributed by atoms with E-state index < -0.39 is 16.9 Å². The summed E-state index contributed by atoms with van der Waals surface area (Å²) in [5.41, 5.74) is 0. The van der Waals surface area contributed by atoms with Gasteiger partial charge in [0, 0.05) is 12.0 Å². The summed E-state index contributed by atoms with van der Waals surface area (Å²) in [6, 6.07) is 5.39. The van der Waals surface area contributed by atoms with Gasteiger partial charge in [-0.3, -0.25) is 4.21 Å². The molecule has 2 unspecified atom stereocenters. The van der Waals surface area contributed by atoms with Crippen molar-refractivity contribution in [2.45, 2.75) is 11.0 Å². The van der Waals surface area contributed by atoms with Crippen LogP contribution in [0.15, 0.2) is 29.2 Å². The lowest BCUT2D eigenvalue weighted by Gasteiger charge is -2.10. The second-order valence-corrected chi connectivity index (χ2v) is 5.18. The Hall–Kier alpha value is -0.820. The highest BCUT2D eigenvalue weighted by atomic mass is 32.2. The summed E-state index contributed by atoms with van der Waals surface area (Å²) >= 11 is 0. The molecule has 18 heavy (non-hydrogen) atoms. The lowest BCUT2D eigenvalue weighted by Crippen LogP contribution is -2.23. The quantitative estimate of drug-likeness (QED) is 0.719. The van der Waals surface area contributed by atoms with E-state index >= 15 is 0 Å². The molecule has 4 nitrogen and oxygen atoms in total. The minimum Gasteiger partial charge on any atom is -0.390 e. The Morgan fingerprint density at radius 2 is 2.00 bits per heavy atom. The summed E-state index contributed by atoms with van der Waals surface area (Å²) in [5.74, 6) is -0.308. The molecule has 0 heterocycles. The van der Waals surface area contributed by atoms with Crippen LogP contribution in [0, 0.1) is 5.82 Å². The highest BCUT2D eigenvalue weighted by molar-refractivity contribution is 7.85. The maximum absolute atomic E-state index is 12.7. The Morgan fingerprint density at radius 3 is 2.61 bits per heavy atom. The second kappa shape index (κ2) is 8.31. The minimum atomic E-state index is -1.36. The Bertz CT molecular complexity index is 369. The van der Waals surface area contributed by atoms with Gasteiger partial charge in [-0.05, 0) is 24.3 Å². The van der Waals surface area contributed by atoms with Crippen LogP contribution in [-0.2, 0) is 20.3 Å². The molecule has 0 aliphatic heterocycles. The van der Waals surface area contributed by atoms with Crippen molar-refractivity contribution in [2.24, 2.45) is 0 Å². The molecule has 1 aromatic carbocycles. The first-order chi connectivity index (χ1) is 8.63. The predicted octanol–water partition coefficient (Wildman–Crippen LogP) is 0.957. The Labute approximate surface area is 108 Å². The van der Waals surface area contributed by atoms with Crippen molar-refractivity contribution in [3.05, 3.63) is 30.1 Å². The molecule has 1 aromatic rings. The van der Waals surface area contributed by atoms with Crippen LogP contribution in [0.4, 0.5) is 4.39 Å². The minimum absolute atomic E-state index is 0.0681. The van der Waals surface area contributed by atoms with E-state index in [-0.39, 0.29) is 18.2 Å². The van der Waals surface area contributed by atoms with Crippen LogP contribution in [-0.4, -0.2) is 48.1 Å². The molecule has 0 amide bonds. The van der Waals surface area contributed by atoms with E-state index in [2.05, 4.69) is 0 Å². The SMILES string of the molecule is COCCOCC(O)CS(=O)c1ccc(F)cc1. The lowest BCUT2D eigenvalue weighted by molar-refractivity contribution is 0.0215. The van der Waals surface area contributed by atoms with E-state index in [4.69, 9.17) is 9.47 Å². The predicted molar refractivity (Wildman–Crippen MR) is 66.4 cm³/mol. The van der Waals surface area contributed by atoms with Gasteiger partial charge in [-0.2, -0.15) is 0 Å². The molecule has 0 fully saturated rings. The third kappa shape index (κ3) is 5.68. The number of ether oxygens (including phenoxy) is 2. The smallest absolute Gasteiger partial charge is 0.123 e. The third-order valence-corrected chi connectivity index (χ3v) is 3.65. The van der Waals surface area contributed by atoms with Crippen LogP contribution in [0.3, 0.4) is 0 Å². The van der Waals surface area contributed by atoms with Gasteiger partial charge in [0.2, 0.25) is 0 Å². The molecule has 102 valence electrons. The highest BCUT2D eigenvalue weighted by Gasteiger charge is 2.11. The van der Waals surface area contributed by atoms with Gasteiger partial charge < -0.3 is 14.6 Å².